The monoisotopic (exact) mass is 484 g/mol. The number of hydrogen-bond donors (Lipinski definition) is 2. The summed E-state index contributed by atoms with van der Waals surface area (Å²) in [6.45, 7) is 4.57. The molecule has 1 unspecified atom stereocenters. The summed E-state index contributed by atoms with van der Waals surface area (Å²) in [5.74, 6) is 0.403. The predicted molar refractivity (Wildman–Crippen MR) is 110 cm³/mol. The maximum Gasteiger partial charge on any atom is 0.390 e. The Kier molecular flexibility index (Phi) is 9.70. The fourth-order valence-corrected chi connectivity index (χ4v) is 3.04. The number of nitrogens with zero attached hydrogens (tertiary/aromatic N) is 2. The number of benzene rings is 1. The summed E-state index contributed by atoms with van der Waals surface area (Å²) in [6, 6.07) is 8.62. The van der Waals surface area contributed by atoms with Crippen LogP contribution in [0.5, 0.6) is 0 Å². The highest BCUT2D eigenvalue weighted by Gasteiger charge is 2.27. The van der Waals surface area contributed by atoms with Crippen molar-refractivity contribution in [2.75, 3.05) is 33.2 Å². The number of guanidine groups is 1. The maximum absolute atomic E-state index is 12.3. The largest absolute Gasteiger partial charge is 0.390 e. The number of likely N-dealkylation sites (tertiary alicyclic amines) is 1. The zero-order valence-corrected chi connectivity index (χ0v) is 17.6. The van der Waals surface area contributed by atoms with Gasteiger partial charge in [-0.05, 0) is 38.4 Å². The second-order valence-corrected chi connectivity index (χ2v) is 6.41. The molecule has 1 heterocycles. The maximum atomic E-state index is 12.3. The van der Waals surface area contributed by atoms with Crippen molar-refractivity contribution in [1.82, 2.24) is 15.5 Å². The van der Waals surface area contributed by atoms with Crippen molar-refractivity contribution in [2.24, 2.45) is 4.99 Å². The van der Waals surface area contributed by atoms with Gasteiger partial charge in [0.25, 0.3) is 0 Å². The Balaban J connectivity index is 0.00000338. The molecule has 4 nitrogen and oxygen atoms in total. The van der Waals surface area contributed by atoms with Crippen LogP contribution in [0.4, 0.5) is 13.2 Å². The van der Waals surface area contributed by atoms with Gasteiger partial charge in [0.05, 0.1) is 12.5 Å². The molecule has 0 bridgehead atoms. The molecule has 26 heavy (non-hydrogen) atoms. The van der Waals surface area contributed by atoms with E-state index in [1.165, 1.54) is 24.0 Å². The van der Waals surface area contributed by atoms with Crippen LogP contribution in [0.2, 0.25) is 0 Å². The third kappa shape index (κ3) is 7.69. The summed E-state index contributed by atoms with van der Waals surface area (Å²) >= 11 is 0. The summed E-state index contributed by atoms with van der Waals surface area (Å²) in [5.41, 5.74) is 2.42. The average molecular weight is 484 g/mol. The van der Waals surface area contributed by atoms with Gasteiger partial charge < -0.3 is 10.6 Å². The normalized spacial score (nSPS) is 16.9. The first-order valence-electron chi connectivity index (χ1n) is 8.71. The van der Waals surface area contributed by atoms with Crippen LogP contribution in [0.25, 0.3) is 0 Å². The molecule has 1 atom stereocenters. The summed E-state index contributed by atoms with van der Waals surface area (Å²) in [7, 11) is 1.57. The predicted octanol–water partition coefficient (Wildman–Crippen LogP) is 3.87. The second-order valence-electron chi connectivity index (χ2n) is 6.41. The van der Waals surface area contributed by atoms with E-state index in [4.69, 9.17) is 0 Å². The lowest BCUT2D eigenvalue weighted by Crippen LogP contribution is -2.43. The number of halogens is 4. The van der Waals surface area contributed by atoms with Gasteiger partial charge in [-0.1, -0.05) is 29.8 Å². The Labute approximate surface area is 170 Å². The molecule has 0 aromatic heterocycles. The van der Waals surface area contributed by atoms with Crippen LogP contribution in [0.3, 0.4) is 0 Å². The van der Waals surface area contributed by atoms with Crippen molar-refractivity contribution in [3.8, 4) is 0 Å². The van der Waals surface area contributed by atoms with Gasteiger partial charge in [0.15, 0.2) is 5.96 Å². The lowest BCUT2D eigenvalue weighted by atomic mass is 10.0. The fraction of sp³-hybridized carbons (Fsp3) is 0.611. The molecule has 0 radical (unpaired) electrons. The van der Waals surface area contributed by atoms with Crippen molar-refractivity contribution in [1.29, 1.82) is 0 Å². The molecule has 1 saturated heterocycles. The molecule has 1 aliphatic heterocycles. The van der Waals surface area contributed by atoms with E-state index >= 15 is 0 Å². The van der Waals surface area contributed by atoms with E-state index in [9.17, 15) is 13.2 Å². The van der Waals surface area contributed by atoms with Crippen LogP contribution in [-0.2, 0) is 0 Å². The molecule has 0 aliphatic carbocycles. The van der Waals surface area contributed by atoms with Crippen molar-refractivity contribution >= 4 is 29.9 Å². The smallest absolute Gasteiger partial charge is 0.356 e. The molecule has 2 rings (SSSR count). The lowest BCUT2D eigenvalue weighted by Gasteiger charge is -2.29. The van der Waals surface area contributed by atoms with Crippen LogP contribution < -0.4 is 10.6 Å². The van der Waals surface area contributed by atoms with Crippen LogP contribution in [0.1, 0.15) is 36.4 Å². The van der Waals surface area contributed by atoms with Crippen LogP contribution >= 0.6 is 24.0 Å². The molecule has 0 amide bonds. The number of aliphatic imine (C=N–C) groups is 1. The quantitative estimate of drug-likeness (QED) is 0.366. The molecule has 1 aromatic rings. The van der Waals surface area contributed by atoms with E-state index in [-0.39, 0.29) is 36.6 Å². The number of aryl methyl sites for hydroxylation is 1. The first kappa shape index (κ1) is 23.0. The highest BCUT2D eigenvalue weighted by Crippen LogP contribution is 2.25. The fourth-order valence-electron chi connectivity index (χ4n) is 3.04. The van der Waals surface area contributed by atoms with Gasteiger partial charge in [0, 0.05) is 20.1 Å². The summed E-state index contributed by atoms with van der Waals surface area (Å²) in [5, 5.41) is 5.91. The van der Waals surface area contributed by atoms with Crippen molar-refractivity contribution in [2.45, 2.75) is 38.4 Å². The van der Waals surface area contributed by atoms with E-state index in [1.54, 1.807) is 7.05 Å². The first-order chi connectivity index (χ1) is 11.9. The van der Waals surface area contributed by atoms with E-state index < -0.39 is 12.6 Å². The molecule has 1 aliphatic rings. The molecule has 1 aromatic carbocycles. The molecule has 0 spiro atoms. The van der Waals surface area contributed by atoms with Crippen molar-refractivity contribution in [3.05, 3.63) is 35.4 Å². The van der Waals surface area contributed by atoms with Crippen LogP contribution in [0, 0.1) is 6.92 Å². The molecule has 0 saturated carbocycles. The standard InChI is InChI=1S/C18H27F3N4.HI/c1-14-5-7-15(8-6-14)16(25-11-3-4-12-25)13-24-17(22-2)23-10-9-18(19,20)21;/h5-8,16H,3-4,9-13H2,1-2H3,(H2,22,23,24);1H. The number of alkyl halides is 3. The van der Waals surface area contributed by atoms with Crippen molar-refractivity contribution < 1.29 is 13.2 Å². The van der Waals surface area contributed by atoms with Crippen LogP contribution in [0.15, 0.2) is 29.3 Å². The van der Waals surface area contributed by atoms with E-state index in [1.807, 2.05) is 0 Å². The van der Waals surface area contributed by atoms with E-state index in [2.05, 4.69) is 51.7 Å². The van der Waals surface area contributed by atoms with Crippen molar-refractivity contribution in [3.63, 3.8) is 0 Å². The topological polar surface area (TPSA) is 39.7 Å². The minimum absolute atomic E-state index is 0. The molecule has 2 N–H and O–H groups in total. The summed E-state index contributed by atoms with van der Waals surface area (Å²) in [6.07, 6.45) is -2.67. The Morgan fingerprint density at radius 3 is 2.31 bits per heavy atom. The lowest BCUT2D eigenvalue weighted by molar-refractivity contribution is -0.132. The van der Waals surface area contributed by atoms with E-state index in [0.717, 1.165) is 13.1 Å². The Morgan fingerprint density at radius 1 is 1.15 bits per heavy atom. The Bertz CT molecular complexity index is 555. The van der Waals surface area contributed by atoms with Gasteiger partial charge in [-0.25, -0.2) is 0 Å². The van der Waals surface area contributed by atoms with E-state index in [0.29, 0.717) is 12.5 Å². The summed E-state index contributed by atoms with van der Waals surface area (Å²) in [4.78, 5) is 6.44. The molecule has 1 fully saturated rings. The number of rotatable bonds is 6. The van der Waals surface area contributed by atoms with Gasteiger partial charge in [0.2, 0.25) is 0 Å². The number of hydrogen-bond acceptors (Lipinski definition) is 2. The van der Waals surface area contributed by atoms with Gasteiger partial charge in [-0.15, -0.1) is 24.0 Å². The third-order valence-corrected chi connectivity index (χ3v) is 4.43. The average Bonchev–Trinajstić information content (AvgIpc) is 3.08. The highest BCUT2D eigenvalue weighted by molar-refractivity contribution is 14.0. The Morgan fingerprint density at radius 2 is 1.77 bits per heavy atom. The summed E-state index contributed by atoms with van der Waals surface area (Å²) < 4.78 is 36.8. The van der Waals surface area contributed by atoms with Gasteiger partial charge in [-0.3, -0.25) is 9.89 Å². The van der Waals surface area contributed by atoms with Gasteiger partial charge >= 0.3 is 6.18 Å². The highest BCUT2D eigenvalue weighted by atomic mass is 127. The molecular formula is C18H28F3IN4. The zero-order valence-electron chi connectivity index (χ0n) is 15.3. The molecule has 148 valence electrons. The minimum atomic E-state index is -4.16. The SMILES string of the molecule is CN=C(NCCC(F)(F)F)NCC(c1ccc(C)cc1)N1CCCC1.I. The van der Waals surface area contributed by atoms with Gasteiger partial charge in [0.1, 0.15) is 0 Å². The molecular weight excluding hydrogens is 456 g/mol. The number of nitrogens with one attached hydrogen (secondary N) is 2. The zero-order chi connectivity index (χ0) is 18.3. The third-order valence-electron chi connectivity index (χ3n) is 4.43. The van der Waals surface area contributed by atoms with Gasteiger partial charge in [-0.2, -0.15) is 13.2 Å². The Hall–Kier alpha value is -1.03. The first-order valence-corrected chi connectivity index (χ1v) is 8.71. The molecule has 8 heteroatoms. The van der Waals surface area contributed by atoms with Crippen LogP contribution in [-0.4, -0.2) is 50.3 Å². The minimum Gasteiger partial charge on any atom is -0.356 e. The second kappa shape index (κ2) is 11.0.